The van der Waals surface area contributed by atoms with Crippen molar-refractivity contribution in [2.45, 2.75) is 37.5 Å². The van der Waals surface area contributed by atoms with Crippen LogP contribution in [0.15, 0.2) is 30.6 Å². The number of carbonyl (C=O) groups excluding carboxylic acids is 1. The summed E-state index contributed by atoms with van der Waals surface area (Å²) in [5.74, 6) is -0.151. The van der Waals surface area contributed by atoms with E-state index in [9.17, 15) is 9.18 Å². The van der Waals surface area contributed by atoms with Crippen LogP contribution in [0.5, 0.6) is 0 Å². The Kier molecular flexibility index (Phi) is 5.35. The summed E-state index contributed by atoms with van der Waals surface area (Å²) in [6.45, 7) is 1.85. The highest BCUT2D eigenvalue weighted by Gasteiger charge is 2.36. The molecule has 0 spiro atoms. The van der Waals surface area contributed by atoms with Gasteiger partial charge in [-0.3, -0.25) is 19.7 Å². The van der Waals surface area contributed by atoms with Crippen molar-refractivity contribution in [3.8, 4) is 6.07 Å². The van der Waals surface area contributed by atoms with E-state index in [0.29, 0.717) is 6.04 Å². The van der Waals surface area contributed by atoms with Crippen molar-refractivity contribution in [1.29, 1.82) is 5.26 Å². The summed E-state index contributed by atoms with van der Waals surface area (Å²) in [6, 6.07) is 7.46. The van der Waals surface area contributed by atoms with Crippen molar-refractivity contribution in [3.63, 3.8) is 0 Å². The summed E-state index contributed by atoms with van der Waals surface area (Å²) in [5.41, 5.74) is 2.70. The number of alkyl halides is 1. The predicted molar refractivity (Wildman–Crippen MR) is 103 cm³/mol. The maximum absolute atomic E-state index is 13.5. The van der Waals surface area contributed by atoms with Gasteiger partial charge in [0.05, 0.1) is 30.4 Å². The number of hydrogen-bond donors (Lipinski definition) is 1. The fraction of sp³-hybridized carbons (Fsp3) is 0.500. The molecule has 2 atom stereocenters. The average molecular weight is 382 g/mol. The largest absolute Gasteiger partial charge is 0.380 e. The van der Waals surface area contributed by atoms with Crippen LogP contribution in [-0.4, -0.2) is 70.1 Å². The van der Waals surface area contributed by atoms with Gasteiger partial charge in [0.1, 0.15) is 17.7 Å². The van der Waals surface area contributed by atoms with Gasteiger partial charge in [0.2, 0.25) is 5.91 Å². The van der Waals surface area contributed by atoms with Crippen molar-refractivity contribution in [3.05, 3.63) is 30.6 Å². The van der Waals surface area contributed by atoms with Crippen LogP contribution in [-0.2, 0) is 4.79 Å². The predicted octanol–water partition coefficient (Wildman–Crippen LogP) is 1.97. The molecular weight excluding hydrogens is 359 g/mol. The molecule has 28 heavy (non-hydrogen) atoms. The lowest BCUT2D eigenvalue weighted by atomic mass is 10.0. The van der Waals surface area contributed by atoms with Crippen molar-refractivity contribution < 1.29 is 9.18 Å². The van der Waals surface area contributed by atoms with Gasteiger partial charge in [-0.15, -0.1) is 0 Å². The minimum absolute atomic E-state index is 0.0389. The standard InChI is InChI=1S/C20H23FN6O/c21-14-10-16(11-22)27(12-14)19(28)13-26-8-4-15(5-9-26)25-18-3-7-23-17-2-1-6-24-20(17)18/h1-3,6-7,14-16H,4-5,8-10,12-13H2,(H,23,25)/t14-,16-/m0/s1. The van der Waals surface area contributed by atoms with Crippen LogP contribution in [0.4, 0.5) is 10.1 Å². The molecule has 1 amide bonds. The molecule has 0 bridgehead atoms. The number of nitriles is 1. The van der Waals surface area contributed by atoms with Crippen LogP contribution < -0.4 is 5.32 Å². The lowest BCUT2D eigenvalue weighted by Crippen LogP contribution is -2.46. The zero-order valence-electron chi connectivity index (χ0n) is 15.6. The third-order valence-electron chi connectivity index (χ3n) is 5.52. The molecule has 2 aromatic heterocycles. The summed E-state index contributed by atoms with van der Waals surface area (Å²) in [4.78, 5) is 24.7. The zero-order valence-corrected chi connectivity index (χ0v) is 15.6. The monoisotopic (exact) mass is 382 g/mol. The number of hydrogen-bond acceptors (Lipinski definition) is 6. The Morgan fingerprint density at radius 1 is 1.29 bits per heavy atom. The quantitative estimate of drug-likeness (QED) is 0.870. The highest BCUT2D eigenvalue weighted by Crippen LogP contribution is 2.23. The Balaban J connectivity index is 1.31. The first kappa shape index (κ1) is 18.6. The molecule has 4 rings (SSSR count). The number of nitrogens with one attached hydrogen (secondary N) is 1. The molecule has 2 saturated heterocycles. The number of pyridine rings is 2. The van der Waals surface area contributed by atoms with Crippen molar-refractivity contribution in [1.82, 2.24) is 19.8 Å². The third-order valence-corrected chi connectivity index (χ3v) is 5.52. The number of aromatic nitrogens is 2. The normalized spacial score (nSPS) is 23.6. The van der Waals surface area contributed by atoms with E-state index in [2.05, 4.69) is 20.2 Å². The number of likely N-dealkylation sites (tertiary alicyclic amines) is 2. The highest BCUT2D eigenvalue weighted by molar-refractivity contribution is 5.87. The van der Waals surface area contributed by atoms with Crippen LogP contribution in [0.25, 0.3) is 11.0 Å². The number of anilines is 1. The summed E-state index contributed by atoms with van der Waals surface area (Å²) >= 11 is 0. The summed E-state index contributed by atoms with van der Waals surface area (Å²) in [5, 5.41) is 12.7. The Bertz CT molecular complexity index is 886. The molecule has 4 heterocycles. The second-order valence-electron chi connectivity index (χ2n) is 7.45. The SMILES string of the molecule is N#C[C@@H]1C[C@H](F)CN1C(=O)CN1CCC(Nc2ccnc3cccnc23)CC1. The van der Waals surface area contributed by atoms with Gasteiger partial charge in [-0.05, 0) is 31.0 Å². The summed E-state index contributed by atoms with van der Waals surface area (Å²) < 4.78 is 13.5. The molecule has 2 aromatic rings. The number of rotatable bonds is 4. The van der Waals surface area contributed by atoms with E-state index < -0.39 is 12.2 Å². The average Bonchev–Trinajstić information content (AvgIpc) is 3.11. The van der Waals surface area contributed by atoms with Gasteiger partial charge in [0.15, 0.2) is 0 Å². The summed E-state index contributed by atoms with van der Waals surface area (Å²) in [7, 11) is 0. The first-order valence-electron chi connectivity index (χ1n) is 9.66. The van der Waals surface area contributed by atoms with E-state index in [1.165, 1.54) is 4.90 Å². The second-order valence-corrected chi connectivity index (χ2v) is 7.45. The van der Waals surface area contributed by atoms with E-state index in [0.717, 1.165) is 42.7 Å². The van der Waals surface area contributed by atoms with Crippen LogP contribution in [0.2, 0.25) is 0 Å². The van der Waals surface area contributed by atoms with Gasteiger partial charge in [0.25, 0.3) is 0 Å². The Morgan fingerprint density at radius 2 is 2.11 bits per heavy atom. The van der Waals surface area contributed by atoms with Gasteiger partial charge < -0.3 is 10.2 Å². The lowest BCUT2D eigenvalue weighted by Gasteiger charge is -2.33. The topological polar surface area (TPSA) is 85.2 Å². The number of fused-ring (bicyclic) bond motifs is 1. The molecule has 8 heteroatoms. The van der Waals surface area contributed by atoms with Crippen molar-refractivity contribution >= 4 is 22.6 Å². The maximum Gasteiger partial charge on any atom is 0.237 e. The molecular formula is C20H23FN6O. The third kappa shape index (κ3) is 3.90. The molecule has 146 valence electrons. The molecule has 7 nitrogen and oxygen atoms in total. The van der Waals surface area contributed by atoms with Crippen LogP contribution in [0, 0.1) is 11.3 Å². The molecule has 1 N–H and O–H groups in total. The molecule has 0 radical (unpaired) electrons. The lowest BCUT2D eigenvalue weighted by molar-refractivity contribution is -0.132. The molecule has 0 unspecified atom stereocenters. The fourth-order valence-corrected chi connectivity index (χ4v) is 4.02. The number of nitrogens with zero attached hydrogens (tertiary/aromatic N) is 5. The van der Waals surface area contributed by atoms with E-state index in [1.807, 2.05) is 24.3 Å². The highest BCUT2D eigenvalue weighted by atomic mass is 19.1. The Labute approximate surface area is 163 Å². The van der Waals surface area contributed by atoms with Crippen LogP contribution in [0.3, 0.4) is 0 Å². The van der Waals surface area contributed by atoms with Crippen LogP contribution >= 0.6 is 0 Å². The number of halogens is 1. The van der Waals surface area contributed by atoms with E-state index in [4.69, 9.17) is 5.26 Å². The van der Waals surface area contributed by atoms with Gasteiger partial charge >= 0.3 is 0 Å². The first-order chi connectivity index (χ1) is 13.6. The maximum atomic E-state index is 13.5. The summed E-state index contributed by atoms with van der Waals surface area (Å²) in [6.07, 6.45) is 4.38. The smallest absolute Gasteiger partial charge is 0.237 e. The van der Waals surface area contributed by atoms with Crippen LogP contribution in [0.1, 0.15) is 19.3 Å². The fourth-order valence-electron chi connectivity index (χ4n) is 4.02. The molecule has 2 fully saturated rings. The minimum Gasteiger partial charge on any atom is -0.380 e. The zero-order chi connectivity index (χ0) is 19.5. The Morgan fingerprint density at radius 3 is 2.89 bits per heavy atom. The number of amides is 1. The van der Waals surface area contributed by atoms with Crippen molar-refractivity contribution in [2.24, 2.45) is 0 Å². The van der Waals surface area contributed by atoms with E-state index >= 15 is 0 Å². The number of carbonyl (C=O) groups is 1. The van der Waals surface area contributed by atoms with Gasteiger partial charge in [-0.25, -0.2) is 4.39 Å². The van der Waals surface area contributed by atoms with Gasteiger partial charge in [-0.2, -0.15) is 5.26 Å². The van der Waals surface area contributed by atoms with E-state index in [-0.39, 0.29) is 25.4 Å². The molecule has 0 aromatic carbocycles. The molecule has 0 aliphatic carbocycles. The Hall–Kier alpha value is -2.79. The minimum atomic E-state index is -1.09. The van der Waals surface area contributed by atoms with Crippen molar-refractivity contribution in [2.75, 3.05) is 31.5 Å². The second kappa shape index (κ2) is 8.07. The van der Waals surface area contributed by atoms with Gasteiger partial charge in [0, 0.05) is 37.9 Å². The van der Waals surface area contributed by atoms with E-state index in [1.54, 1.807) is 12.4 Å². The molecule has 0 saturated carbocycles. The number of piperidine rings is 1. The first-order valence-corrected chi connectivity index (χ1v) is 9.66. The molecule has 2 aliphatic heterocycles. The van der Waals surface area contributed by atoms with Gasteiger partial charge in [-0.1, -0.05) is 0 Å². The molecule has 2 aliphatic rings.